The SMILES string of the molecule is CCCCCN(C)C(=O)c1sc2ccc(C)cc2c1N. The van der Waals surface area contributed by atoms with Crippen LogP contribution in [-0.4, -0.2) is 24.4 Å². The van der Waals surface area contributed by atoms with Crippen LogP contribution in [0, 0.1) is 6.92 Å². The van der Waals surface area contributed by atoms with Crippen molar-refractivity contribution in [1.29, 1.82) is 0 Å². The highest BCUT2D eigenvalue weighted by atomic mass is 32.1. The van der Waals surface area contributed by atoms with Crippen molar-refractivity contribution in [2.75, 3.05) is 19.3 Å². The summed E-state index contributed by atoms with van der Waals surface area (Å²) in [6.45, 7) is 4.99. The zero-order valence-electron chi connectivity index (χ0n) is 12.4. The zero-order chi connectivity index (χ0) is 14.7. The zero-order valence-corrected chi connectivity index (χ0v) is 13.2. The maximum absolute atomic E-state index is 12.5. The fraction of sp³-hybridized carbons (Fsp3) is 0.438. The van der Waals surface area contributed by atoms with Gasteiger partial charge in [-0.1, -0.05) is 31.4 Å². The molecular formula is C16H22N2OS. The van der Waals surface area contributed by atoms with Gasteiger partial charge in [-0.05, 0) is 25.5 Å². The van der Waals surface area contributed by atoms with Crippen LogP contribution in [-0.2, 0) is 0 Å². The van der Waals surface area contributed by atoms with Gasteiger partial charge in [0, 0.05) is 23.7 Å². The summed E-state index contributed by atoms with van der Waals surface area (Å²) in [6, 6.07) is 6.14. The minimum absolute atomic E-state index is 0.0393. The number of nitrogen functional groups attached to an aromatic ring is 1. The Morgan fingerprint density at radius 1 is 1.35 bits per heavy atom. The molecule has 0 saturated carbocycles. The van der Waals surface area contributed by atoms with E-state index in [1.807, 2.05) is 20.0 Å². The Balaban J connectivity index is 2.24. The molecule has 0 aliphatic rings. The van der Waals surface area contributed by atoms with Crippen molar-refractivity contribution in [3.05, 3.63) is 28.6 Å². The van der Waals surface area contributed by atoms with Gasteiger partial charge in [-0.15, -0.1) is 11.3 Å². The van der Waals surface area contributed by atoms with Gasteiger partial charge < -0.3 is 10.6 Å². The van der Waals surface area contributed by atoms with Crippen LogP contribution >= 0.6 is 11.3 Å². The molecular weight excluding hydrogens is 268 g/mol. The lowest BCUT2D eigenvalue weighted by Gasteiger charge is -2.16. The Bertz CT molecular complexity index is 618. The molecule has 20 heavy (non-hydrogen) atoms. The first kappa shape index (κ1) is 14.9. The van der Waals surface area contributed by atoms with Gasteiger partial charge in [0.05, 0.1) is 5.69 Å². The summed E-state index contributed by atoms with van der Waals surface area (Å²) in [5.74, 6) is 0.0393. The first-order valence-corrected chi connectivity index (χ1v) is 7.90. The van der Waals surface area contributed by atoms with Crippen LogP contribution in [0.25, 0.3) is 10.1 Å². The lowest BCUT2D eigenvalue weighted by molar-refractivity contribution is 0.0798. The summed E-state index contributed by atoms with van der Waals surface area (Å²) in [7, 11) is 1.85. The van der Waals surface area contributed by atoms with Gasteiger partial charge in [0.2, 0.25) is 0 Å². The van der Waals surface area contributed by atoms with E-state index in [0.29, 0.717) is 10.6 Å². The number of unbranched alkanes of at least 4 members (excludes halogenated alkanes) is 2. The second-order valence-electron chi connectivity index (χ2n) is 5.28. The average Bonchev–Trinajstić information content (AvgIpc) is 2.75. The van der Waals surface area contributed by atoms with Crippen LogP contribution in [0.1, 0.15) is 41.4 Å². The maximum atomic E-state index is 12.5. The molecule has 1 aromatic carbocycles. The molecule has 0 bridgehead atoms. The summed E-state index contributed by atoms with van der Waals surface area (Å²) in [6.07, 6.45) is 3.35. The van der Waals surface area contributed by atoms with E-state index in [1.165, 1.54) is 11.3 Å². The molecule has 2 rings (SSSR count). The average molecular weight is 290 g/mol. The number of aryl methyl sites for hydroxylation is 1. The van der Waals surface area contributed by atoms with E-state index in [1.54, 1.807) is 4.90 Å². The van der Waals surface area contributed by atoms with E-state index in [2.05, 4.69) is 19.1 Å². The highest BCUT2D eigenvalue weighted by Crippen LogP contribution is 2.34. The fourth-order valence-corrected chi connectivity index (χ4v) is 3.36. The number of anilines is 1. The van der Waals surface area contributed by atoms with Gasteiger partial charge in [0.15, 0.2) is 0 Å². The molecule has 108 valence electrons. The predicted octanol–water partition coefficient (Wildman–Crippen LogP) is 4.05. The number of carbonyl (C=O) groups is 1. The van der Waals surface area contributed by atoms with Gasteiger partial charge in [-0.2, -0.15) is 0 Å². The predicted molar refractivity (Wildman–Crippen MR) is 87.5 cm³/mol. The van der Waals surface area contributed by atoms with Crippen LogP contribution in [0.3, 0.4) is 0 Å². The van der Waals surface area contributed by atoms with Crippen molar-refractivity contribution in [2.45, 2.75) is 33.1 Å². The number of nitrogens with two attached hydrogens (primary N) is 1. The highest BCUT2D eigenvalue weighted by Gasteiger charge is 2.19. The quantitative estimate of drug-likeness (QED) is 0.844. The topological polar surface area (TPSA) is 46.3 Å². The number of carbonyl (C=O) groups excluding carboxylic acids is 1. The number of hydrogen-bond acceptors (Lipinski definition) is 3. The molecule has 1 amide bonds. The molecule has 0 atom stereocenters. The number of fused-ring (bicyclic) bond motifs is 1. The van der Waals surface area contributed by atoms with E-state index in [4.69, 9.17) is 5.73 Å². The molecule has 1 aromatic heterocycles. The van der Waals surface area contributed by atoms with Crippen LogP contribution in [0.15, 0.2) is 18.2 Å². The van der Waals surface area contributed by atoms with Gasteiger partial charge >= 0.3 is 0 Å². The monoisotopic (exact) mass is 290 g/mol. The largest absolute Gasteiger partial charge is 0.397 e. The third kappa shape index (κ3) is 2.96. The first-order valence-electron chi connectivity index (χ1n) is 7.08. The standard InChI is InChI=1S/C16H22N2OS/c1-4-5-6-9-18(3)16(19)15-14(17)12-10-11(2)7-8-13(12)20-15/h7-8,10H,4-6,9,17H2,1-3H3. The van der Waals surface area contributed by atoms with E-state index < -0.39 is 0 Å². The van der Waals surface area contributed by atoms with Gasteiger partial charge in [0.25, 0.3) is 5.91 Å². The molecule has 0 spiro atoms. The van der Waals surface area contributed by atoms with Gasteiger partial charge in [0.1, 0.15) is 4.88 Å². The van der Waals surface area contributed by atoms with Crippen molar-refractivity contribution in [3.63, 3.8) is 0 Å². The summed E-state index contributed by atoms with van der Waals surface area (Å²) < 4.78 is 1.08. The summed E-state index contributed by atoms with van der Waals surface area (Å²) in [5, 5.41) is 1.00. The van der Waals surface area contributed by atoms with E-state index in [0.717, 1.165) is 41.5 Å². The first-order chi connectivity index (χ1) is 9.54. The van der Waals surface area contributed by atoms with Crippen molar-refractivity contribution in [2.24, 2.45) is 0 Å². The number of nitrogens with zero attached hydrogens (tertiary/aromatic N) is 1. The molecule has 0 aliphatic heterocycles. The van der Waals surface area contributed by atoms with Gasteiger partial charge in [-0.25, -0.2) is 0 Å². The van der Waals surface area contributed by atoms with Crippen LogP contribution in [0.5, 0.6) is 0 Å². The number of amides is 1. The number of thiophene rings is 1. The van der Waals surface area contributed by atoms with Crippen molar-refractivity contribution < 1.29 is 4.79 Å². The van der Waals surface area contributed by atoms with Crippen molar-refractivity contribution >= 4 is 33.0 Å². The van der Waals surface area contributed by atoms with Crippen molar-refractivity contribution in [1.82, 2.24) is 4.90 Å². The Morgan fingerprint density at radius 2 is 2.10 bits per heavy atom. The van der Waals surface area contributed by atoms with Crippen LogP contribution in [0.4, 0.5) is 5.69 Å². The number of benzene rings is 1. The summed E-state index contributed by atoms with van der Waals surface area (Å²) >= 11 is 1.49. The van der Waals surface area contributed by atoms with E-state index in [-0.39, 0.29) is 5.91 Å². The maximum Gasteiger partial charge on any atom is 0.265 e. The highest BCUT2D eigenvalue weighted by molar-refractivity contribution is 7.21. The molecule has 2 aromatic rings. The number of hydrogen-bond donors (Lipinski definition) is 1. The summed E-state index contributed by atoms with van der Waals surface area (Å²) in [4.78, 5) is 14.9. The Labute approximate surface area is 124 Å². The molecule has 2 N–H and O–H groups in total. The summed E-state index contributed by atoms with van der Waals surface area (Å²) in [5.41, 5.74) is 7.95. The Kier molecular flexibility index (Phi) is 4.65. The third-order valence-electron chi connectivity index (χ3n) is 3.52. The molecule has 3 nitrogen and oxygen atoms in total. The minimum atomic E-state index is 0.0393. The fourth-order valence-electron chi connectivity index (χ4n) is 2.26. The van der Waals surface area contributed by atoms with Crippen molar-refractivity contribution in [3.8, 4) is 0 Å². The van der Waals surface area contributed by atoms with Crippen LogP contribution in [0.2, 0.25) is 0 Å². The molecule has 0 aliphatic carbocycles. The van der Waals surface area contributed by atoms with Crippen LogP contribution < -0.4 is 5.73 Å². The number of rotatable bonds is 5. The normalized spacial score (nSPS) is 10.9. The lowest BCUT2D eigenvalue weighted by Crippen LogP contribution is -2.27. The molecule has 4 heteroatoms. The van der Waals surface area contributed by atoms with Gasteiger partial charge in [-0.3, -0.25) is 4.79 Å². The second kappa shape index (κ2) is 6.27. The lowest BCUT2D eigenvalue weighted by atomic mass is 10.1. The Morgan fingerprint density at radius 3 is 2.80 bits per heavy atom. The minimum Gasteiger partial charge on any atom is -0.397 e. The molecule has 1 heterocycles. The molecule has 0 radical (unpaired) electrons. The Hall–Kier alpha value is -1.55. The van der Waals surface area contributed by atoms with E-state index in [9.17, 15) is 4.79 Å². The second-order valence-corrected chi connectivity index (χ2v) is 6.33. The van der Waals surface area contributed by atoms with E-state index >= 15 is 0 Å². The molecule has 0 fully saturated rings. The molecule has 0 saturated heterocycles. The third-order valence-corrected chi connectivity index (χ3v) is 4.69. The molecule has 0 unspecified atom stereocenters. The smallest absolute Gasteiger partial charge is 0.265 e.